The lowest BCUT2D eigenvalue weighted by atomic mass is 9.99. The highest BCUT2D eigenvalue weighted by molar-refractivity contribution is 5.89. The maximum atomic E-state index is 9.53. The quantitative estimate of drug-likeness (QED) is 0.787. The van der Waals surface area contributed by atoms with Crippen molar-refractivity contribution in [2.45, 2.75) is 20.5 Å². The minimum Gasteiger partial charge on any atom is -0.496 e. The molecule has 0 amide bonds. The van der Waals surface area contributed by atoms with E-state index in [1.54, 1.807) is 14.2 Å². The number of hydrogen-bond donors (Lipinski definition) is 1. The fourth-order valence-corrected chi connectivity index (χ4v) is 3.04. The smallest absolute Gasteiger partial charge is 0.132 e. The van der Waals surface area contributed by atoms with Crippen molar-refractivity contribution in [2.24, 2.45) is 0 Å². The Labute approximate surface area is 141 Å². The van der Waals surface area contributed by atoms with Crippen LogP contribution in [-0.4, -0.2) is 24.3 Å². The molecule has 0 aliphatic rings. The second kappa shape index (κ2) is 6.49. The number of aryl methyl sites for hydroxylation is 2. The Morgan fingerprint density at radius 2 is 1.67 bits per heavy atom. The zero-order valence-corrected chi connectivity index (χ0v) is 14.4. The van der Waals surface area contributed by atoms with Gasteiger partial charge in [0.2, 0.25) is 0 Å². The molecule has 1 N–H and O–H groups in total. The Morgan fingerprint density at radius 3 is 2.25 bits per heavy atom. The monoisotopic (exact) mass is 323 g/mol. The number of pyridine rings is 1. The Balaban J connectivity index is 2.34. The maximum Gasteiger partial charge on any atom is 0.132 e. The molecule has 2 aromatic carbocycles. The summed E-state index contributed by atoms with van der Waals surface area (Å²) in [7, 11) is 3.28. The van der Waals surface area contributed by atoms with Gasteiger partial charge in [-0.15, -0.1) is 0 Å². The lowest BCUT2D eigenvalue weighted by Crippen LogP contribution is -1.98. The SMILES string of the molecule is COc1cccc(OC)c1-c1cc(C)c2ccc(CO)c(C)c2n1. The molecule has 124 valence electrons. The molecule has 0 radical (unpaired) electrons. The average Bonchev–Trinajstić information content (AvgIpc) is 2.61. The first-order chi connectivity index (χ1) is 11.6. The lowest BCUT2D eigenvalue weighted by molar-refractivity contribution is 0.281. The second-order valence-electron chi connectivity index (χ2n) is 5.77. The molecule has 0 saturated heterocycles. The van der Waals surface area contributed by atoms with Gasteiger partial charge in [0.15, 0.2) is 0 Å². The van der Waals surface area contributed by atoms with E-state index in [1.807, 2.05) is 43.3 Å². The lowest BCUT2D eigenvalue weighted by Gasteiger charge is -2.15. The summed E-state index contributed by atoms with van der Waals surface area (Å²) in [5.41, 5.74) is 5.53. The van der Waals surface area contributed by atoms with E-state index >= 15 is 0 Å². The predicted molar refractivity (Wildman–Crippen MR) is 95.7 cm³/mol. The van der Waals surface area contributed by atoms with Gasteiger partial charge in [0.25, 0.3) is 0 Å². The van der Waals surface area contributed by atoms with E-state index in [-0.39, 0.29) is 6.61 Å². The van der Waals surface area contributed by atoms with Crippen molar-refractivity contribution in [3.8, 4) is 22.8 Å². The van der Waals surface area contributed by atoms with Crippen LogP contribution in [0.5, 0.6) is 11.5 Å². The molecule has 0 saturated carbocycles. The summed E-state index contributed by atoms with van der Waals surface area (Å²) in [5, 5.41) is 10.6. The number of rotatable bonds is 4. The van der Waals surface area contributed by atoms with Gasteiger partial charge in [0.05, 0.1) is 37.6 Å². The Morgan fingerprint density at radius 1 is 1.00 bits per heavy atom. The number of fused-ring (bicyclic) bond motifs is 1. The van der Waals surface area contributed by atoms with Gasteiger partial charge in [0.1, 0.15) is 11.5 Å². The highest BCUT2D eigenvalue weighted by Crippen LogP contribution is 2.39. The number of aromatic nitrogens is 1. The van der Waals surface area contributed by atoms with Gasteiger partial charge >= 0.3 is 0 Å². The molecule has 3 rings (SSSR count). The Bertz CT molecular complexity index is 881. The standard InChI is InChI=1S/C20H21NO3/c1-12-10-16(19-17(23-3)6-5-7-18(19)24-4)21-20-13(2)14(11-22)8-9-15(12)20/h5-10,22H,11H2,1-4H3. The molecule has 4 heteroatoms. The molecule has 24 heavy (non-hydrogen) atoms. The van der Waals surface area contributed by atoms with Crippen molar-refractivity contribution >= 4 is 10.9 Å². The fraction of sp³-hybridized carbons (Fsp3) is 0.250. The highest BCUT2D eigenvalue weighted by atomic mass is 16.5. The van der Waals surface area contributed by atoms with Crippen LogP contribution in [0.3, 0.4) is 0 Å². The molecule has 1 heterocycles. The zero-order chi connectivity index (χ0) is 17.3. The summed E-state index contributed by atoms with van der Waals surface area (Å²) in [4.78, 5) is 4.86. The number of methoxy groups -OCH3 is 2. The molecule has 4 nitrogen and oxygen atoms in total. The van der Waals surface area contributed by atoms with Crippen LogP contribution in [0, 0.1) is 13.8 Å². The normalized spacial score (nSPS) is 10.9. The number of benzene rings is 2. The van der Waals surface area contributed by atoms with Crippen LogP contribution in [0.2, 0.25) is 0 Å². The van der Waals surface area contributed by atoms with Crippen molar-refractivity contribution in [1.29, 1.82) is 0 Å². The van der Waals surface area contributed by atoms with Gasteiger partial charge in [-0.25, -0.2) is 4.98 Å². The van der Waals surface area contributed by atoms with E-state index in [1.165, 1.54) is 0 Å². The number of ether oxygens (including phenoxy) is 2. The number of hydrogen-bond acceptors (Lipinski definition) is 4. The van der Waals surface area contributed by atoms with Crippen molar-refractivity contribution < 1.29 is 14.6 Å². The van der Waals surface area contributed by atoms with Gasteiger partial charge in [-0.3, -0.25) is 0 Å². The van der Waals surface area contributed by atoms with Gasteiger partial charge in [-0.05, 0) is 48.7 Å². The van der Waals surface area contributed by atoms with Crippen LogP contribution in [0.15, 0.2) is 36.4 Å². The molecule has 0 unspecified atom stereocenters. The maximum absolute atomic E-state index is 9.53. The number of aliphatic hydroxyl groups is 1. The highest BCUT2D eigenvalue weighted by Gasteiger charge is 2.16. The minimum atomic E-state index is 0.00467. The van der Waals surface area contributed by atoms with Crippen molar-refractivity contribution in [3.63, 3.8) is 0 Å². The molecule has 0 aliphatic carbocycles. The number of aliphatic hydroxyl groups excluding tert-OH is 1. The van der Waals surface area contributed by atoms with E-state index in [0.29, 0.717) is 0 Å². The molecule has 0 atom stereocenters. The summed E-state index contributed by atoms with van der Waals surface area (Å²) in [6.07, 6.45) is 0. The van der Waals surface area contributed by atoms with Gasteiger partial charge in [-0.1, -0.05) is 18.2 Å². The molecule has 0 spiro atoms. The molecule has 0 bridgehead atoms. The molecular weight excluding hydrogens is 302 g/mol. The first-order valence-corrected chi connectivity index (χ1v) is 7.82. The Hall–Kier alpha value is -2.59. The molecule has 3 aromatic rings. The molecule has 1 aromatic heterocycles. The third-order valence-electron chi connectivity index (χ3n) is 4.41. The van der Waals surface area contributed by atoms with Crippen molar-refractivity contribution in [1.82, 2.24) is 4.98 Å². The summed E-state index contributed by atoms with van der Waals surface area (Å²) >= 11 is 0. The summed E-state index contributed by atoms with van der Waals surface area (Å²) < 4.78 is 11.0. The van der Waals surface area contributed by atoms with Crippen LogP contribution in [-0.2, 0) is 6.61 Å². The van der Waals surface area contributed by atoms with Gasteiger partial charge < -0.3 is 14.6 Å². The largest absolute Gasteiger partial charge is 0.496 e. The van der Waals surface area contributed by atoms with E-state index < -0.39 is 0 Å². The van der Waals surface area contributed by atoms with Gasteiger partial charge in [-0.2, -0.15) is 0 Å². The first-order valence-electron chi connectivity index (χ1n) is 7.82. The van der Waals surface area contributed by atoms with Crippen LogP contribution in [0.1, 0.15) is 16.7 Å². The van der Waals surface area contributed by atoms with E-state index in [9.17, 15) is 5.11 Å². The third-order valence-corrected chi connectivity index (χ3v) is 4.41. The van der Waals surface area contributed by atoms with Crippen molar-refractivity contribution in [2.75, 3.05) is 14.2 Å². The van der Waals surface area contributed by atoms with Crippen LogP contribution in [0.4, 0.5) is 0 Å². The van der Waals surface area contributed by atoms with Crippen molar-refractivity contribution in [3.05, 3.63) is 53.1 Å². The van der Waals surface area contributed by atoms with Crippen LogP contribution >= 0.6 is 0 Å². The van der Waals surface area contributed by atoms with E-state index in [0.717, 1.165) is 50.3 Å². The Kier molecular flexibility index (Phi) is 4.40. The predicted octanol–water partition coefficient (Wildman–Crippen LogP) is 4.03. The minimum absolute atomic E-state index is 0.00467. The fourth-order valence-electron chi connectivity index (χ4n) is 3.04. The molecular formula is C20H21NO3. The average molecular weight is 323 g/mol. The number of nitrogens with zero attached hydrogens (tertiary/aromatic N) is 1. The summed E-state index contributed by atoms with van der Waals surface area (Å²) in [6.45, 7) is 4.06. The van der Waals surface area contributed by atoms with E-state index in [2.05, 4.69) is 6.92 Å². The molecule has 0 fully saturated rings. The summed E-state index contributed by atoms with van der Waals surface area (Å²) in [5.74, 6) is 1.44. The first kappa shape index (κ1) is 16.3. The molecule has 0 aliphatic heterocycles. The third kappa shape index (κ3) is 2.59. The topological polar surface area (TPSA) is 51.6 Å². The van der Waals surface area contributed by atoms with E-state index in [4.69, 9.17) is 14.5 Å². The zero-order valence-electron chi connectivity index (χ0n) is 14.4. The summed E-state index contributed by atoms with van der Waals surface area (Å²) in [6, 6.07) is 11.7. The second-order valence-corrected chi connectivity index (χ2v) is 5.77. The van der Waals surface area contributed by atoms with Crippen LogP contribution in [0.25, 0.3) is 22.2 Å². The van der Waals surface area contributed by atoms with Gasteiger partial charge in [0, 0.05) is 5.39 Å². The van der Waals surface area contributed by atoms with Crippen LogP contribution < -0.4 is 9.47 Å².